The highest BCUT2D eigenvalue weighted by molar-refractivity contribution is 6.30. The SMILES string of the molecule is C=CC(CC)(OC(C)=O)C(=C)Cl. The van der Waals surface area contributed by atoms with Gasteiger partial charge in [0, 0.05) is 6.92 Å². The zero-order chi connectivity index (χ0) is 9.78. The van der Waals surface area contributed by atoms with E-state index in [4.69, 9.17) is 16.3 Å². The average Bonchev–Trinajstić information content (AvgIpc) is 1.99. The van der Waals surface area contributed by atoms with Crippen molar-refractivity contribution >= 4 is 17.6 Å². The minimum atomic E-state index is -0.909. The minimum absolute atomic E-state index is 0.273. The van der Waals surface area contributed by atoms with E-state index in [1.54, 1.807) is 0 Å². The van der Waals surface area contributed by atoms with E-state index in [1.807, 2.05) is 6.92 Å². The second-order valence-electron chi connectivity index (χ2n) is 2.45. The van der Waals surface area contributed by atoms with Gasteiger partial charge in [-0.25, -0.2) is 0 Å². The van der Waals surface area contributed by atoms with Crippen molar-refractivity contribution in [3.05, 3.63) is 24.3 Å². The Morgan fingerprint density at radius 2 is 2.25 bits per heavy atom. The average molecular weight is 189 g/mol. The second-order valence-corrected chi connectivity index (χ2v) is 2.90. The maximum absolute atomic E-state index is 10.7. The number of ether oxygens (including phenoxy) is 1. The van der Waals surface area contributed by atoms with Gasteiger partial charge in [0.1, 0.15) is 0 Å². The lowest BCUT2D eigenvalue weighted by molar-refractivity contribution is -0.149. The van der Waals surface area contributed by atoms with Crippen LogP contribution in [0.5, 0.6) is 0 Å². The molecule has 12 heavy (non-hydrogen) atoms. The van der Waals surface area contributed by atoms with Crippen LogP contribution in [0.2, 0.25) is 0 Å². The van der Waals surface area contributed by atoms with Crippen LogP contribution in [0.3, 0.4) is 0 Å². The second kappa shape index (κ2) is 4.31. The van der Waals surface area contributed by atoms with Gasteiger partial charge in [0.2, 0.25) is 0 Å². The number of esters is 1. The number of rotatable bonds is 4. The smallest absolute Gasteiger partial charge is 0.303 e. The first-order chi connectivity index (χ1) is 5.48. The molecule has 0 spiro atoms. The van der Waals surface area contributed by atoms with Crippen molar-refractivity contribution in [3.63, 3.8) is 0 Å². The van der Waals surface area contributed by atoms with Crippen molar-refractivity contribution in [2.45, 2.75) is 25.9 Å². The highest BCUT2D eigenvalue weighted by Gasteiger charge is 2.30. The molecule has 68 valence electrons. The third-order valence-electron chi connectivity index (χ3n) is 1.64. The molecule has 0 aliphatic carbocycles. The maximum atomic E-state index is 10.7. The number of carbonyl (C=O) groups is 1. The maximum Gasteiger partial charge on any atom is 0.303 e. The molecule has 2 nitrogen and oxygen atoms in total. The fraction of sp³-hybridized carbons (Fsp3) is 0.444. The molecule has 0 heterocycles. The molecule has 0 aromatic rings. The molecule has 1 unspecified atom stereocenters. The summed E-state index contributed by atoms with van der Waals surface area (Å²) in [7, 11) is 0. The number of halogens is 1. The van der Waals surface area contributed by atoms with Gasteiger partial charge >= 0.3 is 5.97 Å². The molecule has 0 saturated heterocycles. The Labute approximate surface area is 77.9 Å². The van der Waals surface area contributed by atoms with Gasteiger partial charge in [0.15, 0.2) is 5.60 Å². The van der Waals surface area contributed by atoms with E-state index in [-0.39, 0.29) is 5.03 Å². The fourth-order valence-corrected chi connectivity index (χ4v) is 1.12. The highest BCUT2D eigenvalue weighted by atomic mass is 35.5. The molecular formula is C9H13ClO2. The lowest BCUT2D eigenvalue weighted by Gasteiger charge is -2.27. The van der Waals surface area contributed by atoms with E-state index in [2.05, 4.69) is 13.2 Å². The molecule has 0 bridgehead atoms. The monoisotopic (exact) mass is 188 g/mol. The van der Waals surface area contributed by atoms with Crippen LogP contribution in [-0.4, -0.2) is 11.6 Å². The molecular weight excluding hydrogens is 176 g/mol. The van der Waals surface area contributed by atoms with Crippen LogP contribution in [0.1, 0.15) is 20.3 Å². The van der Waals surface area contributed by atoms with Gasteiger partial charge in [0.05, 0.1) is 5.03 Å². The first-order valence-electron chi connectivity index (χ1n) is 3.66. The van der Waals surface area contributed by atoms with Crippen LogP contribution < -0.4 is 0 Å². The first-order valence-corrected chi connectivity index (χ1v) is 4.04. The van der Waals surface area contributed by atoms with Crippen molar-refractivity contribution in [3.8, 4) is 0 Å². The number of hydrogen-bond acceptors (Lipinski definition) is 2. The Bertz CT molecular complexity index is 211. The van der Waals surface area contributed by atoms with Crippen LogP contribution in [-0.2, 0) is 9.53 Å². The third kappa shape index (κ3) is 2.38. The molecule has 0 fully saturated rings. The molecule has 3 heteroatoms. The Morgan fingerprint density at radius 3 is 2.33 bits per heavy atom. The molecule has 0 amide bonds. The summed E-state index contributed by atoms with van der Waals surface area (Å²) in [4.78, 5) is 10.7. The van der Waals surface area contributed by atoms with E-state index in [0.29, 0.717) is 6.42 Å². The summed E-state index contributed by atoms with van der Waals surface area (Å²) in [6.45, 7) is 10.3. The lowest BCUT2D eigenvalue weighted by atomic mass is 10.0. The van der Waals surface area contributed by atoms with Crippen molar-refractivity contribution in [1.29, 1.82) is 0 Å². The van der Waals surface area contributed by atoms with Crippen LogP contribution in [0.25, 0.3) is 0 Å². The highest BCUT2D eigenvalue weighted by Crippen LogP contribution is 2.28. The van der Waals surface area contributed by atoms with Crippen molar-refractivity contribution in [2.24, 2.45) is 0 Å². The molecule has 0 radical (unpaired) electrons. The predicted octanol–water partition coefficient (Wildman–Crippen LogP) is 2.64. The van der Waals surface area contributed by atoms with Gasteiger partial charge in [0.25, 0.3) is 0 Å². The van der Waals surface area contributed by atoms with Gasteiger partial charge in [-0.15, -0.1) is 0 Å². The van der Waals surface area contributed by atoms with Gasteiger partial charge in [-0.05, 0) is 12.5 Å². The lowest BCUT2D eigenvalue weighted by Crippen LogP contribution is -2.31. The van der Waals surface area contributed by atoms with E-state index < -0.39 is 11.6 Å². The standard InChI is InChI=1S/C9H13ClO2/c1-5-9(6-2,7(3)10)12-8(4)11/h5H,1,3,6H2,2,4H3. The molecule has 0 aromatic carbocycles. The summed E-state index contributed by atoms with van der Waals surface area (Å²) < 4.78 is 5.01. The molecule has 1 atom stereocenters. The van der Waals surface area contributed by atoms with Gasteiger partial charge in [-0.3, -0.25) is 4.79 Å². The predicted molar refractivity (Wildman–Crippen MR) is 50.0 cm³/mol. The number of carbonyl (C=O) groups excluding carboxylic acids is 1. The first kappa shape index (κ1) is 11.2. The third-order valence-corrected chi connectivity index (χ3v) is 1.96. The normalized spacial score (nSPS) is 14.6. The molecule has 0 N–H and O–H groups in total. The minimum Gasteiger partial charge on any atom is -0.449 e. The zero-order valence-electron chi connectivity index (χ0n) is 7.39. The van der Waals surface area contributed by atoms with Crippen molar-refractivity contribution < 1.29 is 9.53 Å². The summed E-state index contributed by atoms with van der Waals surface area (Å²) in [5.41, 5.74) is -0.909. The zero-order valence-corrected chi connectivity index (χ0v) is 8.15. The Hall–Kier alpha value is -0.760. The topological polar surface area (TPSA) is 26.3 Å². The van der Waals surface area contributed by atoms with Gasteiger partial charge in [-0.1, -0.05) is 31.7 Å². The molecule has 0 aliphatic heterocycles. The number of hydrogen-bond donors (Lipinski definition) is 0. The van der Waals surface area contributed by atoms with Gasteiger partial charge < -0.3 is 4.74 Å². The Kier molecular flexibility index (Phi) is 4.04. The molecule has 0 rings (SSSR count). The van der Waals surface area contributed by atoms with E-state index in [0.717, 1.165) is 0 Å². The van der Waals surface area contributed by atoms with Gasteiger partial charge in [-0.2, -0.15) is 0 Å². The van der Waals surface area contributed by atoms with Crippen LogP contribution >= 0.6 is 11.6 Å². The summed E-state index contributed by atoms with van der Waals surface area (Å²) in [6.07, 6.45) is 2.03. The quantitative estimate of drug-likeness (QED) is 0.501. The van der Waals surface area contributed by atoms with Crippen LogP contribution in [0.15, 0.2) is 24.3 Å². The summed E-state index contributed by atoms with van der Waals surface area (Å²) >= 11 is 5.70. The van der Waals surface area contributed by atoms with E-state index in [1.165, 1.54) is 13.0 Å². The Morgan fingerprint density at radius 1 is 1.75 bits per heavy atom. The summed E-state index contributed by atoms with van der Waals surface area (Å²) in [6, 6.07) is 0. The molecule has 0 aliphatic rings. The van der Waals surface area contributed by atoms with Crippen molar-refractivity contribution in [1.82, 2.24) is 0 Å². The molecule has 0 aromatic heterocycles. The van der Waals surface area contributed by atoms with E-state index in [9.17, 15) is 4.79 Å². The Balaban J connectivity index is 4.69. The van der Waals surface area contributed by atoms with E-state index >= 15 is 0 Å². The largest absolute Gasteiger partial charge is 0.449 e. The summed E-state index contributed by atoms with van der Waals surface area (Å²) in [5.74, 6) is -0.390. The van der Waals surface area contributed by atoms with Crippen molar-refractivity contribution in [2.75, 3.05) is 0 Å². The fourth-order valence-electron chi connectivity index (χ4n) is 0.873. The van der Waals surface area contributed by atoms with Crippen LogP contribution in [0.4, 0.5) is 0 Å². The molecule has 0 saturated carbocycles. The van der Waals surface area contributed by atoms with Crippen LogP contribution in [0, 0.1) is 0 Å². The summed E-state index contributed by atoms with van der Waals surface area (Å²) in [5, 5.41) is 0.273.